The number of aromatic nitrogens is 3. The van der Waals surface area contributed by atoms with Gasteiger partial charge in [0, 0.05) is 31.6 Å². The summed E-state index contributed by atoms with van der Waals surface area (Å²) in [6, 6.07) is 9.52. The third-order valence-electron chi connectivity index (χ3n) is 3.59. The first-order chi connectivity index (χ1) is 12.7. The zero-order chi connectivity index (χ0) is 18.4. The molecule has 0 spiro atoms. The van der Waals surface area contributed by atoms with Gasteiger partial charge in [0.15, 0.2) is 5.13 Å². The second-order valence-electron chi connectivity index (χ2n) is 5.48. The number of anilines is 3. The maximum absolute atomic E-state index is 5.24. The van der Waals surface area contributed by atoms with Crippen molar-refractivity contribution in [2.75, 3.05) is 38.0 Å². The number of thiazole rings is 1. The van der Waals surface area contributed by atoms with Gasteiger partial charge in [0.25, 0.3) is 0 Å². The van der Waals surface area contributed by atoms with Crippen LogP contribution in [0.5, 0.6) is 5.75 Å². The van der Waals surface area contributed by atoms with Gasteiger partial charge in [0.1, 0.15) is 5.75 Å². The highest BCUT2D eigenvalue weighted by Crippen LogP contribution is 2.32. The second-order valence-corrected chi connectivity index (χ2v) is 6.47. The Balaban J connectivity index is 1.78. The minimum Gasteiger partial charge on any atom is -0.497 e. The van der Waals surface area contributed by atoms with Gasteiger partial charge in [0.2, 0.25) is 5.95 Å². The van der Waals surface area contributed by atoms with E-state index in [9.17, 15) is 0 Å². The minimum atomic E-state index is 0.525. The molecule has 2 aromatic heterocycles. The molecule has 0 saturated carbocycles. The number of methoxy groups -OCH3 is 2. The topological polar surface area (TPSA) is 81.2 Å². The molecule has 0 amide bonds. The lowest BCUT2D eigenvalue weighted by Gasteiger charge is -2.07. The maximum Gasteiger partial charge on any atom is 0.227 e. The third kappa shape index (κ3) is 4.47. The van der Waals surface area contributed by atoms with Crippen LogP contribution in [0.3, 0.4) is 0 Å². The Morgan fingerprint density at radius 3 is 2.85 bits per heavy atom. The number of aryl methyl sites for hydroxylation is 1. The molecule has 0 atom stereocenters. The monoisotopic (exact) mass is 371 g/mol. The number of ether oxygens (including phenoxy) is 2. The van der Waals surface area contributed by atoms with Crippen molar-refractivity contribution >= 4 is 28.1 Å². The van der Waals surface area contributed by atoms with Crippen molar-refractivity contribution in [3.05, 3.63) is 42.2 Å². The van der Waals surface area contributed by atoms with Crippen molar-refractivity contribution in [2.45, 2.75) is 6.92 Å². The SMILES string of the molecule is COCCNc1nc(C)c(-c2ccnc(Nc3cccc(OC)c3)n2)s1. The van der Waals surface area contributed by atoms with E-state index >= 15 is 0 Å². The van der Waals surface area contributed by atoms with Crippen LogP contribution < -0.4 is 15.4 Å². The zero-order valence-electron chi connectivity index (χ0n) is 14.9. The fourth-order valence-electron chi connectivity index (χ4n) is 2.35. The molecule has 0 aliphatic heterocycles. The molecule has 3 aromatic rings. The molecule has 8 heteroatoms. The molecule has 26 heavy (non-hydrogen) atoms. The van der Waals surface area contributed by atoms with E-state index in [2.05, 4.69) is 25.6 Å². The van der Waals surface area contributed by atoms with Crippen LogP contribution in [0, 0.1) is 6.92 Å². The maximum atomic E-state index is 5.24. The molecule has 0 radical (unpaired) electrons. The average Bonchev–Trinajstić information content (AvgIpc) is 3.03. The fraction of sp³-hybridized carbons (Fsp3) is 0.278. The van der Waals surface area contributed by atoms with Gasteiger partial charge in [-0.05, 0) is 25.1 Å². The number of nitrogens with zero attached hydrogens (tertiary/aromatic N) is 3. The zero-order valence-corrected chi connectivity index (χ0v) is 15.8. The highest BCUT2D eigenvalue weighted by molar-refractivity contribution is 7.19. The standard InChI is InChI=1S/C18H21N5O2S/c1-12-16(26-18(21-12)20-9-10-24-2)15-7-8-19-17(23-15)22-13-5-4-6-14(11-13)25-3/h4-8,11H,9-10H2,1-3H3,(H,20,21)(H,19,22,23). The van der Waals surface area contributed by atoms with E-state index in [0.29, 0.717) is 12.6 Å². The Kier molecular flexibility index (Phi) is 5.98. The van der Waals surface area contributed by atoms with Crippen molar-refractivity contribution < 1.29 is 9.47 Å². The van der Waals surface area contributed by atoms with Crippen LogP contribution in [0.25, 0.3) is 10.6 Å². The molecule has 3 rings (SSSR count). The van der Waals surface area contributed by atoms with Crippen LogP contribution >= 0.6 is 11.3 Å². The molecular weight excluding hydrogens is 350 g/mol. The van der Waals surface area contributed by atoms with Gasteiger partial charge in [-0.2, -0.15) is 0 Å². The Labute approximate surface area is 156 Å². The van der Waals surface area contributed by atoms with Gasteiger partial charge >= 0.3 is 0 Å². The highest BCUT2D eigenvalue weighted by atomic mass is 32.1. The summed E-state index contributed by atoms with van der Waals surface area (Å²) in [6.45, 7) is 3.33. The summed E-state index contributed by atoms with van der Waals surface area (Å²) in [7, 11) is 3.32. The minimum absolute atomic E-state index is 0.525. The Morgan fingerprint density at radius 2 is 2.04 bits per heavy atom. The van der Waals surface area contributed by atoms with Crippen LogP contribution in [-0.4, -0.2) is 42.3 Å². The van der Waals surface area contributed by atoms with Crippen molar-refractivity contribution in [1.29, 1.82) is 0 Å². The smallest absolute Gasteiger partial charge is 0.227 e. The van der Waals surface area contributed by atoms with Crippen molar-refractivity contribution in [1.82, 2.24) is 15.0 Å². The van der Waals surface area contributed by atoms with Crippen LogP contribution in [0.15, 0.2) is 36.5 Å². The molecule has 0 aliphatic carbocycles. The second kappa shape index (κ2) is 8.59. The fourth-order valence-corrected chi connectivity index (χ4v) is 3.31. The van der Waals surface area contributed by atoms with Gasteiger partial charge in [-0.25, -0.2) is 15.0 Å². The van der Waals surface area contributed by atoms with E-state index in [-0.39, 0.29) is 0 Å². The highest BCUT2D eigenvalue weighted by Gasteiger charge is 2.12. The molecule has 0 saturated heterocycles. The third-order valence-corrected chi connectivity index (χ3v) is 4.73. The van der Waals surface area contributed by atoms with Crippen LogP contribution in [0.1, 0.15) is 5.69 Å². The lowest BCUT2D eigenvalue weighted by molar-refractivity contribution is 0.211. The van der Waals surface area contributed by atoms with Crippen molar-refractivity contribution in [2.24, 2.45) is 0 Å². The van der Waals surface area contributed by atoms with E-state index in [1.807, 2.05) is 37.3 Å². The number of nitrogens with one attached hydrogen (secondary N) is 2. The van der Waals surface area contributed by atoms with E-state index in [1.165, 1.54) is 0 Å². The first-order valence-corrected chi connectivity index (χ1v) is 8.96. The van der Waals surface area contributed by atoms with Gasteiger partial charge in [-0.1, -0.05) is 17.4 Å². The van der Waals surface area contributed by atoms with Gasteiger partial charge in [-0.15, -0.1) is 0 Å². The number of rotatable bonds is 8. The molecule has 136 valence electrons. The molecular formula is C18H21N5O2S. The van der Waals surface area contributed by atoms with Crippen LogP contribution in [0.2, 0.25) is 0 Å². The van der Waals surface area contributed by atoms with Crippen LogP contribution in [0.4, 0.5) is 16.8 Å². The lowest BCUT2D eigenvalue weighted by Crippen LogP contribution is -2.06. The molecule has 1 aromatic carbocycles. The summed E-state index contributed by atoms with van der Waals surface area (Å²) in [5, 5.41) is 7.32. The van der Waals surface area contributed by atoms with Gasteiger partial charge in [-0.3, -0.25) is 0 Å². The van der Waals surface area contributed by atoms with E-state index in [0.717, 1.165) is 39.4 Å². The summed E-state index contributed by atoms with van der Waals surface area (Å²) in [5.74, 6) is 1.30. The Hall–Kier alpha value is -2.71. The van der Waals surface area contributed by atoms with Gasteiger partial charge < -0.3 is 20.1 Å². The summed E-state index contributed by atoms with van der Waals surface area (Å²) >= 11 is 1.57. The Morgan fingerprint density at radius 1 is 1.15 bits per heavy atom. The summed E-state index contributed by atoms with van der Waals surface area (Å²) in [5.41, 5.74) is 2.63. The molecule has 0 aliphatic rings. The summed E-state index contributed by atoms with van der Waals surface area (Å²) < 4.78 is 10.3. The predicted octanol–water partition coefficient (Wildman–Crippen LogP) is 3.72. The quantitative estimate of drug-likeness (QED) is 0.584. The van der Waals surface area contributed by atoms with Crippen molar-refractivity contribution in [3.63, 3.8) is 0 Å². The van der Waals surface area contributed by atoms with Gasteiger partial charge in [0.05, 0.1) is 30.0 Å². The number of hydrogen-bond acceptors (Lipinski definition) is 8. The van der Waals surface area contributed by atoms with Crippen LogP contribution in [-0.2, 0) is 4.74 Å². The normalized spacial score (nSPS) is 10.6. The first kappa shape index (κ1) is 18.1. The largest absolute Gasteiger partial charge is 0.497 e. The number of hydrogen-bond donors (Lipinski definition) is 2. The average molecular weight is 371 g/mol. The van der Waals surface area contributed by atoms with E-state index in [1.54, 1.807) is 31.8 Å². The lowest BCUT2D eigenvalue weighted by atomic mass is 10.3. The Bertz CT molecular complexity index is 868. The molecule has 0 unspecified atom stereocenters. The molecule has 0 fully saturated rings. The van der Waals surface area contributed by atoms with Crippen molar-refractivity contribution in [3.8, 4) is 16.3 Å². The summed E-state index contributed by atoms with van der Waals surface area (Å²) in [6.07, 6.45) is 1.74. The van der Waals surface area contributed by atoms with E-state index in [4.69, 9.17) is 9.47 Å². The molecule has 0 bridgehead atoms. The molecule has 2 N–H and O–H groups in total. The summed E-state index contributed by atoms with van der Waals surface area (Å²) in [4.78, 5) is 14.5. The molecule has 7 nitrogen and oxygen atoms in total. The van der Waals surface area contributed by atoms with E-state index < -0.39 is 0 Å². The first-order valence-electron chi connectivity index (χ1n) is 8.14. The predicted molar refractivity (Wildman–Crippen MR) is 105 cm³/mol. The molecule has 2 heterocycles. The number of benzene rings is 1.